The standard InChI is InChI=1S/C40H40F3N3O4/c1-24-30(27-14-12-26(13-15-27)21-45-18-16-29(41)23-45)7-4-8-31(24)32-9-5-10-33(25(32)2)38-44-34-19-28(36(50-40(42)43)20-37(34)49-38)22-46-17-6-11-35(46)39(47)48-3/h4-5,7-10,12-15,19-20,29,35,40H,6,11,16-18,21-23H2,1-3H3. The Morgan fingerprint density at radius 2 is 1.62 bits per heavy atom. The van der Waals surface area contributed by atoms with E-state index in [2.05, 4.69) is 60.4 Å². The second-order valence-electron chi connectivity index (χ2n) is 13.3. The second kappa shape index (κ2) is 14.3. The number of ether oxygens (including phenoxy) is 2. The van der Waals surface area contributed by atoms with Gasteiger partial charge in [-0.3, -0.25) is 14.6 Å². The van der Waals surface area contributed by atoms with Crippen LogP contribution < -0.4 is 4.74 Å². The van der Waals surface area contributed by atoms with E-state index in [1.54, 1.807) is 6.07 Å². The number of likely N-dealkylation sites (tertiary alicyclic amines) is 2. The molecular formula is C40H40F3N3O4. The molecule has 0 N–H and O–H groups in total. The van der Waals surface area contributed by atoms with Crippen molar-refractivity contribution in [3.63, 3.8) is 0 Å². The summed E-state index contributed by atoms with van der Waals surface area (Å²) < 4.78 is 56.8. The monoisotopic (exact) mass is 683 g/mol. The number of halogens is 3. The molecule has 2 saturated heterocycles. The molecule has 2 fully saturated rings. The number of alkyl halides is 3. The molecule has 0 bridgehead atoms. The average molecular weight is 684 g/mol. The lowest BCUT2D eigenvalue weighted by molar-refractivity contribution is -0.146. The SMILES string of the molecule is COC(=O)C1CCCN1Cc1cc2nc(-c3cccc(-c4cccc(-c5ccc(CN6CCC(F)C6)cc5)c4C)c3C)oc2cc1OC(F)F. The van der Waals surface area contributed by atoms with E-state index < -0.39 is 18.8 Å². The highest BCUT2D eigenvalue weighted by Gasteiger charge is 2.32. The molecule has 2 aliphatic heterocycles. The summed E-state index contributed by atoms with van der Waals surface area (Å²) in [5.41, 5.74) is 9.70. The normalized spacial score (nSPS) is 18.4. The summed E-state index contributed by atoms with van der Waals surface area (Å²) in [5, 5.41) is 0. The fourth-order valence-corrected chi connectivity index (χ4v) is 7.46. The molecule has 7 nitrogen and oxygen atoms in total. The lowest BCUT2D eigenvalue weighted by atomic mass is 9.89. The maximum absolute atomic E-state index is 13.7. The number of carbonyl (C=O) groups is 1. The van der Waals surface area contributed by atoms with Crippen molar-refractivity contribution in [3.8, 4) is 39.5 Å². The Bertz CT molecular complexity index is 2010. The first-order chi connectivity index (χ1) is 24.2. The van der Waals surface area contributed by atoms with Crippen LogP contribution in [-0.4, -0.2) is 66.3 Å². The van der Waals surface area contributed by atoms with E-state index in [4.69, 9.17) is 18.9 Å². The number of benzene rings is 4. The van der Waals surface area contributed by atoms with Gasteiger partial charge < -0.3 is 13.9 Å². The topological polar surface area (TPSA) is 68.0 Å². The van der Waals surface area contributed by atoms with Gasteiger partial charge in [-0.15, -0.1) is 0 Å². The highest BCUT2D eigenvalue weighted by atomic mass is 19.3. The first kappa shape index (κ1) is 33.8. The number of esters is 1. The van der Waals surface area contributed by atoms with Gasteiger partial charge in [0.25, 0.3) is 0 Å². The van der Waals surface area contributed by atoms with Crippen molar-refractivity contribution in [2.45, 2.75) is 65.0 Å². The number of fused-ring (bicyclic) bond motifs is 1. The minimum atomic E-state index is -3.03. The van der Waals surface area contributed by atoms with Gasteiger partial charge in [-0.05, 0) is 90.7 Å². The zero-order valence-electron chi connectivity index (χ0n) is 28.4. The van der Waals surface area contributed by atoms with Gasteiger partial charge in [0.15, 0.2) is 5.58 Å². The van der Waals surface area contributed by atoms with Gasteiger partial charge in [-0.1, -0.05) is 54.6 Å². The third kappa shape index (κ3) is 6.87. The number of rotatable bonds is 10. The Morgan fingerprint density at radius 1 is 0.920 bits per heavy atom. The lowest BCUT2D eigenvalue weighted by Crippen LogP contribution is -2.36. The van der Waals surface area contributed by atoms with Gasteiger partial charge in [0.1, 0.15) is 23.5 Å². The van der Waals surface area contributed by atoms with Gasteiger partial charge in [0.05, 0.1) is 7.11 Å². The van der Waals surface area contributed by atoms with Crippen LogP contribution in [0.3, 0.4) is 0 Å². The molecule has 0 radical (unpaired) electrons. The molecule has 1 aromatic heterocycles. The van der Waals surface area contributed by atoms with E-state index in [1.807, 2.05) is 24.0 Å². The Balaban J connectivity index is 1.18. The zero-order valence-corrected chi connectivity index (χ0v) is 28.4. The number of methoxy groups -OCH3 is 1. The van der Waals surface area contributed by atoms with E-state index >= 15 is 0 Å². The van der Waals surface area contributed by atoms with Crippen LogP contribution in [-0.2, 0) is 22.6 Å². The van der Waals surface area contributed by atoms with E-state index in [1.165, 1.54) is 18.7 Å². The molecular weight excluding hydrogens is 643 g/mol. The summed E-state index contributed by atoms with van der Waals surface area (Å²) in [5.74, 6) is 0.0136. The van der Waals surface area contributed by atoms with Crippen LogP contribution in [0.25, 0.3) is 44.8 Å². The Morgan fingerprint density at radius 3 is 2.30 bits per heavy atom. The minimum absolute atomic E-state index is 0.0129. The predicted molar refractivity (Wildman–Crippen MR) is 187 cm³/mol. The van der Waals surface area contributed by atoms with Crippen molar-refractivity contribution >= 4 is 17.1 Å². The van der Waals surface area contributed by atoms with Crippen LogP contribution in [0.2, 0.25) is 0 Å². The van der Waals surface area contributed by atoms with Crippen LogP contribution in [0.1, 0.15) is 41.5 Å². The van der Waals surface area contributed by atoms with E-state index in [9.17, 15) is 18.0 Å². The molecule has 0 spiro atoms. The van der Waals surface area contributed by atoms with Crippen molar-refractivity contribution in [3.05, 3.63) is 95.1 Å². The van der Waals surface area contributed by atoms with E-state index in [-0.39, 0.29) is 18.3 Å². The van der Waals surface area contributed by atoms with Gasteiger partial charge in [0.2, 0.25) is 5.89 Å². The Kier molecular flexibility index (Phi) is 9.66. The minimum Gasteiger partial charge on any atom is -0.468 e. The van der Waals surface area contributed by atoms with Crippen LogP contribution >= 0.6 is 0 Å². The highest BCUT2D eigenvalue weighted by molar-refractivity contribution is 5.85. The van der Waals surface area contributed by atoms with Crippen molar-refractivity contribution in [2.75, 3.05) is 26.7 Å². The van der Waals surface area contributed by atoms with Crippen LogP contribution in [0.15, 0.2) is 77.2 Å². The molecule has 10 heteroatoms. The highest BCUT2D eigenvalue weighted by Crippen LogP contribution is 2.39. The Labute approximate surface area is 289 Å². The molecule has 0 saturated carbocycles. The van der Waals surface area contributed by atoms with Crippen molar-refractivity contribution in [1.29, 1.82) is 0 Å². The molecule has 0 aliphatic carbocycles. The number of aromatic nitrogens is 1. The molecule has 2 aliphatic rings. The molecule has 260 valence electrons. The van der Waals surface area contributed by atoms with Crippen molar-refractivity contribution in [2.24, 2.45) is 0 Å². The fourth-order valence-electron chi connectivity index (χ4n) is 7.46. The summed E-state index contributed by atoms with van der Waals surface area (Å²) in [4.78, 5) is 21.2. The number of oxazole rings is 1. The van der Waals surface area contributed by atoms with Crippen LogP contribution in [0, 0.1) is 13.8 Å². The maximum atomic E-state index is 13.7. The smallest absolute Gasteiger partial charge is 0.387 e. The number of carbonyl (C=O) groups excluding carboxylic acids is 1. The molecule has 0 amide bonds. The van der Waals surface area contributed by atoms with Crippen molar-refractivity contribution in [1.82, 2.24) is 14.8 Å². The molecule has 4 aromatic carbocycles. The van der Waals surface area contributed by atoms with E-state index in [0.717, 1.165) is 58.5 Å². The number of nitrogens with zero attached hydrogens (tertiary/aromatic N) is 3. The second-order valence-corrected chi connectivity index (χ2v) is 13.3. The number of hydrogen-bond donors (Lipinski definition) is 0. The summed E-state index contributed by atoms with van der Waals surface area (Å²) in [6.45, 7) is 4.01. The third-order valence-corrected chi connectivity index (χ3v) is 10.1. The van der Waals surface area contributed by atoms with E-state index in [0.29, 0.717) is 48.5 Å². The average Bonchev–Trinajstić information content (AvgIpc) is 3.85. The van der Waals surface area contributed by atoms with Gasteiger partial charge in [-0.2, -0.15) is 8.78 Å². The molecule has 7 rings (SSSR count). The molecule has 2 atom stereocenters. The van der Waals surface area contributed by atoms with Crippen molar-refractivity contribution < 1.29 is 31.9 Å². The molecule has 3 heterocycles. The molecule has 2 unspecified atom stereocenters. The maximum Gasteiger partial charge on any atom is 0.387 e. The van der Waals surface area contributed by atoms with Crippen LogP contribution in [0.4, 0.5) is 13.2 Å². The zero-order chi connectivity index (χ0) is 34.9. The Hall–Kier alpha value is -4.67. The van der Waals surface area contributed by atoms with Gasteiger partial charge >= 0.3 is 12.6 Å². The quantitative estimate of drug-likeness (QED) is 0.136. The first-order valence-electron chi connectivity index (χ1n) is 17.0. The lowest BCUT2D eigenvalue weighted by Gasteiger charge is -2.23. The predicted octanol–water partition coefficient (Wildman–Crippen LogP) is 8.73. The first-order valence-corrected chi connectivity index (χ1v) is 17.0. The summed E-state index contributed by atoms with van der Waals surface area (Å²) >= 11 is 0. The molecule has 50 heavy (non-hydrogen) atoms. The molecule has 5 aromatic rings. The largest absolute Gasteiger partial charge is 0.468 e. The summed E-state index contributed by atoms with van der Waals surface area (Å²) in [6, 6.07) is 23.5. The fraction of sp³-hybridized carbons (Fsp3) is 0.350. The van der Waals surface area contributed by atoms with Crippen LogP contribution in [0.5, 0.6) is 5.75 Å². The van der Waals surface area contributed by atoms with Gasteiger partial charge in [-0.25, -0.2) is 9.37 Å². The van der Waals surface area contributed by atoms with Gasteiger partial charge in [0, 0.05) is 43.4 Å². The summed E-state index contributed by atoms with van der Waals surface area (Å²) in [7, 11) is 1.35. The third-order valence-electron chi connectivity index (χ3n) is 10.1. The number of hydrogen-bond acceptors (Lipinski definition) is 7. The summed E-state index contributed by atoms with van der Waals surface area (Å²) in [6.07, 6.45) is 1.31.